The molecule has 1 heterocycles. The fourth-order valence-corrected chi connectivity index (χ4v) is 2.33. The Balaban J connectivity index is 1.50. The monoisotopic (exact) mass is 262 g/mol. The molecule has 0 atom stereocenters. The predicted octanol–water partition coefficient (Wildman–Crippen LogP) is 1.55. The molecule has 3 rings (SSSR count). The summed E-state index contributed by atoms with van der Waals surface area (Å²) in [5.74, 6) is -2.09. The van der Waals surface area contributed by atoms with E-state index in [0.717, 1.165) is 5.56 Å². The number of ether oxygens (including phenoxy) is 3. The number of hydrogen-bond acceptors (Lipinski definition) is 5. The largest absolute Gasteiger partial charge is 0.422 e. The maximum absolute atomic E-state index is 11.2. The fourth-order valence-electron chi connectivity index (χ4n) is 2.33. The Morgan fingerprint density at radius 1 is 1.11 bits per heavy atom. The van der Waals surface area contributed by atoms with E-state index in [9.17, 15) is 9.59 Å². The molecule has 1 saturated carbocycles. The average molecular weight is 262 g/mol. The van der Waals surface area contributed by atoms with Gasteiger partial charge >= 0.3 is 11.9 Å². The van der Waals surface area contributed by atoms with E-state index in [0.29, 0.717) is 19.4 Å². The van der Waals surface area contributed by atoms with Crippen LogP contribution < -0.4 is 0 Å². The molecule has 1 spiro atoms. The highest BCUT2D eigenvalue weighted by molar-refractivity contribution is 5.93. The van der Waals surface area contributed by atoms with Gasteiger partial charge in [0, 0.05) is 0 Å². The van der Waals surface area contributed by atoms with Crippen molar-refractivity contribution in [3.05, 3.63) is 35.9 Å². The summed E-state index contributed by atoms with van der Waals surface area (Å²) in [7, 11) is 0. The van der Waals surface area contributed by atoms with Gasteiger partial charge in [-0.1, -0.05) is 30.3 Å². The lowest BCUT2D eigenvalue weighted by Crippen LogP contribution is -2.57. The zero-order valence-electron chi connectivity index (χ0n) is 10.3. The van der Waals surface area contributed by atoms with E-state index < -0.39 is 17.7 Å². The third kappa shape index (κ3) is 2.61. The molecule has 2 fully saturated rings. The van der Waals surface area contributed by atoms with Crippen LogP contribution in [0.3, 0.4) is 0 Å². The van der Waals surface area contributed by atoms with Crippen molar-refractivity contribution in [2.75, 3.05) is 0 Å². The fraction of sp³-hybridized carbons (Fsp3) is 0.429. The minimum atomic E-state index is -1.06. The summed E-state index contributed by atoms with van der Waals surface area (Å²) >= 11 is 0. The van der Waals surface area contributed by atoms with Crippen molar-refractivity contribution in [1.29, 1.82) is 0 Å². The van der Waals surface area contributed by atoms with Crippen LogP contribution in [0.4, 0.5) is 0 Å². The van der Waals surface area contributed by atoms with Gasteiger partial charge in [-0.05, 0) is 5.56 Å². The number of hydrogen-bond donors (Lipinski definition) is 0. The summed E-state index contributed by atoms with van der Waals surface area (Å²) in [6.45, 7) is 0.503. The van der Waals surface area contributed by atoms with Crippen molar-refractivity contribution < 1.29 is 23.8 Å². The van der Waals surface area contributed by atoms with Crippen molar-refractivity contribution in [3.8, 4) is 0 Å². The number of rotatable bonds is 3. The van der Waals surface area contributed by atoms with Crippen LogP contribution in [0.1, 0.15) is 24.8 Å². The normalized spacial score (nSPS) is 21.7. The Hall–Kier alpha value is -1.88. The molecule has 5 nitrogen and oxygen atoms in total. The quantitative estimate of drug-likeness (QED) is 0.611. The molecular formula is C14H14O5. The van der Waals surface area contributed by atoms with E-state index >= 15 is 0 Å². The molecule has 1 aromatic rings. The van der Waals surface area contributed by atoms with E-state index in [1.807, 2.05) is 30.3 Å². The molecule has 19 heavy (non-hydrogen) atoms. The van der Waals surface area contributed by atoms with Crippen LogP contribution in [0.15, 0.2) is 30.3 Å². The number of carbonyl (C=O) groups excluding carboxylic acids is 2. The molecule has 1 aliphatic heterocycles. The first-order chi connectivity index (χ1) is 9.15. The zero-order valence-corrected chi connectivity index (χ0v) is 10.3. The molecule has 100 valence electrons. The lowest BCUT2D eigenvalue weighted by Gasteiger charge is -2.46. The molecule has 0 amide bonds. The summed E-state index contributed by atoms with van der Waals surface area (Å²) in [5, 5.41) is 0. The Bertz CT molecular complexity index is 472. The maximum atomic E-state index is 11.2. The van der Waals surface area contributed by atoms with Crippen LogP contribution in [0.25, 0.3) is 0 Å². The smallest absolute Gasteiger partial charge is 0.320 e. The van der Waals surface area contributed by atoms with Crippen LogP contribution in [-0.4, -0.2) is 23.8 Å². The second-order valence-corrected chi connectivity index (χ2v) is 4.86. The Morgan fingerprint density at radius 2 is 1.74 bits per heavy atom. The average Bonchev–Trinajstić information content (AvgIpc) is 2.34. The standard InChI is InChI=1S/C14H14O5/c15-12-6-13(16)19-14(18-12)7-11(8-14)17-9-10-4-2-1-3-5-10/h1-5,11H,6-9H2. The molecule has 0 radical (unpaired) electrons. The van der Waals surface area contributed by atoms with Gasteiger partial charge in [-0.2, -0.15) is 0 Å². The first-order valence-corrected chi connectivity index (χ1v) is 6.24. The van der Waals surface area contributed by atoms with Gasteiger partial charge in [0.15, 0.2) is 0 Å². The van der Waals surface area contributed by atoms with Crippen LogP contribution >= 0.6 is 0 Å². The van der Waals surface area contributed by atoms with E-state index in [4.69, 9.17) is 14.2 Å². The highest BCUT2D eigenvalue weighted by Gasteiger charge is 2.54. The number of esters is 2. The van der Waals surface area contributed by atoms with Crippen molar-refractivity contribution in [2.45, 2.75) is 37.8 Å². The first kappa shape index (κ1) is 12.2. The van der Waals surface area contributed by atoms with Crippen molar-refractivity contribution >= 4 is 11.9 Å². The molecule has 0 aromatic heterocycles. The van der Waals surface area contributed by atoms with Crippen LogP contribution in [0.2, 0.25) is 0 Å². The molecule has 0 bridgehead atoms. The van der Waals surface area contributed by atoms with E-state index in [2.05, 4.69) is 0 Å². The molecule has 0 N–H and O–H groups in total. The second-order valence-electron chi connectivity index (χ2n) is 4.86. The Kier molecular flexibility index (Phi) is 2.98. The molecule has 2 aliphatic rings. The number of carbonyl (C=O) groups is 2. The van der Waals surface area contributed by atoms with Gasteiger partial charge in [0.2, 0.25) is 0 Å². The summed E-state index contributed by atoms with van der Waals surface area (Å²) < 4.78 is 15.9. The van der Waals surface area contributed by atoms with Crippen molar-refractivity contribution in [2.24, 2.45) is 0 Å². The van der Waals surface area contributed by atoms with Gasteiger partial charge in [-0.3, -0.25) is 9.59 Å². The lowest BCUT2D eigenvalue weighted by molar-refractivity contribution is -0.296. The highest BCUT2D eigenvalue weighted by Crippen LogP contribution is 2.41. The first-order valence-electron chi connectivity index (χ1n) is 6.24. The van der Waals surface area contributed by atoms with Gasteiger partial charge in [0.05, 0.1) is 25.6 Å². The SMILES string of the molecule is O=C1CC(=O)OC2(CC(OCc3ccccc3)C2)O1. The Morgan fingerprint density at radius 3 is 2.37 bits per heavy atom. The molecule has 1 aliphatic carbocycles. The minimum Gasteiger partial charge on any atom is -0.422 e. The predicted molar refractivity (Wildman–Crippen MR) is 63.8 cm³/mol. The summed E-state index contributed by atoms with van der Waals surface area (Å²) in [6, 6.07) is 9.81. The number of benzene rings is 1. The summed E-state index contributed by atoms with van der Waals surface area (Å²) in [4.78, 5) is 22.4. The van der Waals surface area contributed by atoms with Gasteiger partial charge in [0.25, 0.3) is 5.79 Å². The molecule has 1 saturated heterocycles. The minimum absolute atomic E-state index is 0.0427. The third-order valence-corrected chi connectivity index (χ3v) is 3.29. The van der Waals surface area contributed by atoms with Gasteiger partial charge < -0.3 is 14.2 Å². The summed E-state index contributed by atoms with van der Waals surface area (Å²) in [6.07, 6.45) is 0.491. The zero-order chi connectivity index (χ0) is 13.3. The van der Waals surface area contributed by atoms with Crippen LogP contribution in [0.5, 0.6) is 0 Å². The molecular weight excluding hydrogens is 248 g/mol. The third-order valence-electron chi connectivity index (χ3n) is 3.29. The van der Waals surface area contributed by atoms with E-state index in [-0.39, 0.29) is 12.5 Å². The van der Waals surface area contributed by atoms with Crippen molar-refractivity contribution in [3.63, 3.8) is 0 Å². The van der Waals surface area contributed by atoms with Gasteiger partial charge in [0.1, 0.15) is 6.42 Å². The van der Waals surface area contributed by atoms with E-state index in [1.54, 1.807) is 0 Å². The van der Waals surface area contributed by atoms with Crippen molar-refractivity contribution in [1.82, 2.24) is 0 Å². The van der Waals surface area contributed by atoms with E-state index in [1.165, 1.54) is 0 Å². The Labute approximate surface area is 110 Å². The molecule has 1 aromatic carbocycles. The highest BCUT2D eigenvalue weighted by atomic mass is 16.7. The van der Waals surface area contributed by atoms with Gasteiger partial charge in [-0.15, -0.1) is 0 Å². The lowest BCUT2D eigenvalue weighted by atomic mass is 9.86. The summed E-state index contributed by atoms with van der Waals surface area (Å²) in [5.41, 5.74) is 1.08. The molecule has 0 unspecified atom stereocenters. The second kappa shape index (κ2) is 4.66. The van der Waals surface area contributed by atoms with Crippen LogP contribution in [0, 0.1) is 0 Å². The van der Waals surface area contributed by atoms with Crippen LogP contribution in [-0.2, 0) is 30.4 Å². The molecule has 5 heteroatoms. The topological polar surface area (TPSA) is 61.8 Å². The van der Waals surface area contributed by atoms with Gasteiger partial charge in [-0.25, -0.2) is 0 Å². The maximum Gasteiger partial charge on any atom is 0.320 e.